The molecule has 26 aromatic rings. The normalized spacial score (nSPS) is 11.6. The molecule has 0 aliphatic heterocycles. The highest BCUT2D eigenvalue weighted by atomic mass is 35.5. The van der Waals surface area contributed by atoms with Gasteiger partial charge < -0.3 is 4.42 Å². The van der Waals surface area contributed by atoms with Gasteiger partial charge in [-0.25, -0.2) is 49.8 Å². The first kappa shape index (κ1) is 76.7. The van der Waals surface area contributed by atoms with E-state index < -0.39 is 0 Å². The zero-order chi connectivity index (χ0) is 83.0. The van der Waals surface area contributed by atoms with Gasteiger partial charge in [0.1, 0.15) is 11.2 Å². The van der Waals surface area contributed by atoms with Crippen molar-refractivity contribution in [3.8, 4) is 56.3 Å². The van der Waals surface area contributed by atoms with Crippen molar-refractivity contribution in [2.75, 3.05) is 0 Å². The van der Waals surface area contributed by atoms with E-state index in [9.17, 15) is 0 Å². The summed E-state index contributed by atoms with van der Waals surface area (Å²) in [5, 5.41) is 21.0. The molecule has 0 radical (unpaired) electrons. The summed E-state index contributed by atoms with van der Waals surface area (Å²) in [5.41, 5.74) is 15.7. The predicted octanol–water partition coefficient (Wildman–Crippen LogP) is 32.3. The molecule has 0 spiro atoms. The summed E-state index contributed by atoms with van der Waals surface area (Å²) in [4.78, 5) is 44.4. The highest BCUT2D eigenvalue weighted by Crippen LogP contribution is 2.47. The quantitative estimate of drug-likeness (QED) is 0.152. The van der Waals surface area contributed by atoms with Gasteiger partial charge in [0.2, 0.25) is 26.4 Å². The summed E-state index contributed by atoms with van der Waals surface area (Å²) in [6.45, 7) is 0. The van der Waals surface area contributed by atoms with E-state index in [4.69, 9.17) is 62.4 Å². The smallest absolute Gasteiger partial charge is 0.223 e. The summed E-state index contributed by atoms with van der Waals surface area (Å²) in [6.07, 6.45) is 0. The van der Waals surface area contributed by atoms with Crippen LogP contribution in [0.5, 0.6) is 0 Å². The lowest BCUT2D eigenvalue weighted by Crippen LogP contribution is -1.92. The van der Waals surface area contributed by atoms with Gasteiger partial charge in [0.05, 0.1) is 56.1 Å². The van der Waals surface area contributed by atoms with Gasteiger partial charge in [0, 0.05) is 146 Å². The fraction of sp³-hybridized carbons (Fsp3) is 0. The van der Waals surface area contributed by atoms with E-state index in [-0.39, 0.29) is 26.4 Å². The largest absolute Gasteiger partial charge is 0.456 e. The Morgan fingerprint density at radius 1 is 0.185 bits per heavy atom. The third kappa shape index (κ3) is 14.2. The van der Waals surface area contributed by atoms with Crippen LogP contribution in [0.15, 0.2) is 350 Å². The Bertz CT molecular complexity index is 8770. The molecule has 0 fully saturated rings. The number of benzene rings is 16. The van der Waals surface area contributed by atoms with Crippen molar-refractivity contribution in [3.05, 3.63) is 372 Å². The molecule has 124 heavy (non-hydrogen) atoms. The molecule has 0 aliphatic carbocycles. The van der Waals surface area contributed by atoms with Crippen LogP contribution in [0.4, 0.5) is 0 Å². The minimum atomic E-state index is 0.238. The molecule has 0 unspecified atom stereocenters. The Morgan fingerprint density at radius 3 is 1.07 bits per heavy atom. The SMILES string of the molecule is Clc1nc(-c2cc3oc4ccccc4c3c3ccccc23)c2ccccc2n1.Clc1nc(-c2ccc3c(c2)sc2ccccc23)c2ccccc2n1.Clc1nc(-c2ccc3sc4ccccc4c3c2)c2ccccc2n1.Clc1nc(-c2cccc3c2sc2ccccc23)c2ccccc2n1.Clc1nc(-c2cccc3sc4ccccc4c23)c2ccccc2n1. The lowest BCUT2D eigenvalue weighted by atomic mass is 9.96. The van der Waals surface area contributed by atoms with Crippen LogP contribution in [0, 0.1) is 0 Å². The molecule has 0 saturated carbocycles. The molecular formula is C104H57Cl5N10OS4. The second-order valence-electron chi connectivity index (χ2n) is 29.4. The molecule has 0 bridgehead atoms. The Balaban J connectivity index is 0.0000000923. The number of fused-ring (bicyclic) bond motifs is 22. The Labute approximate surface area is 747 Å². The van der Waals surface area contributed by atoms with E-state index in [0.29, 0.717) is 0 Å². The number of halogens is 5. The summed E-state index contributed by atoms with van der Waals surface area (Å²) in [5.74, 6) is 0. The molecule has 20 heteroatoms. The lowest BCUT2D eigenvalue weighted by molar-refractivity contribution is 0.669. The van der Waals surface area contributed by atoms with Crippen molar-refractivity contribution in [1.29, 1.82) is 0 Å². The van der Waals surface area contributed by atoms with E-state index in [1.54, 1.807) is 34.0 Å². The average molecular weight is 1770 g/mol. The van der Waals surface area contributed by atoms with Crippen LogP contribution in [-0.2, 0) is 0 Å². The van der Waals surface area contributed by atoms with Crippen molar-refractivity contribution >= 4 is 271 Å². The summed E-state index contributed by atoms with van der Waals surface area (Å²) >= 11 is 38.1. The van der Waals surface area contributed by atoms with Gasteiger partial charge in [-0.2, -0.15) is 0 Å². The van der Waals surface area contributed by atoms with Crippen molar-refractivity contribution in [3.63, 3.8) is 0 Å². The van der Waals surface area contributed by atoms with Gasteiger partial charge in [-0.1, -0.05) is 255 Å². The van der Waals surface area contributed by atoms with Gasteiger partial charge in [-0.15, -0.1) is 45.3 Å². The van der Waals surface area contributed by atoms with Gasteiger partial charge in [0.25, 0.3) is 0 Å². The van der Waals surface area contributed by atoms with Gasteiger partial charge in [0.15, 0.2) is 0 Å². The standard InChI is InChI=1S/C24H13ClN2O.4C20H11ClN2S/c25-24-26-19-11-5-3-9-16(19)23(27-24)18-13-21-22(15-8-2-1-7-14(15)18)17-10-4-6-12-20(17)28-21;21-20-22-16-10-3-1-7-14(16)18(23-20)15-9-5-8-13-12-6-2-4-11-17(12)24-19(13)15;21-20-22-15-9-3-1-6-12(15)19(23-20)14-8-5-11-17-18(14)13-7-2-4-10-16(13)24-17;21-20-22-16-7-3-1-6-15(16)19(23-20)12-9-10-14-13-5-2-4-8-17(13)24-18(14)11-12;21-20-22-16-7-3-1-6-14(16)19(23-20)12-9-10-18-15(11-12)13-5-2-4-8-17(13)24-18/h1-13H;4*1-11H. The molecule has 0 saturated heterocycles. The number of nitrogens with zero attached hydrogens (tertiary/aromatic N) is 10. The monoisotopic (exact) mass is 1760 g/mol. The summed E-state index contributed by atoms with van der Waals surface area (Å²) < 4.78 is 16.4. The summed E-state index contributed by atoms with van der Waals surface area (Å²) in [6, 6.07) is 118. The predicted molar refractivity (Wildman–Crippen MR) is 526 cm³/mol. The van der Waals surface area contributed by atoms with Crippen molar-refractivity contribution < 1.29 is 4.42 Å². The number of thiophene rings is 4. The fourth-order valence-corrected chi connectivity index (χ4v) is 22.2. The molecule has 0 amide bonds. The van der Waals surface area contributed by atoms with Crippen LogP contribution < -0.4 is 0 Å². The van der Waals surface area contributed by atoms with Crippen LogP contribution in [0.2, 0.25) is 26.4 Å². The fourth-order valence-electron chi connectivity index (χ4n) is 16.7. The minimum Gasteiger partial charge on any atom is -0.456 e. The van der Waals surface area contributed by atoms with Gasteiger partial charge in [-0.3, -0.25) is 0 Å². The van der Waals surface area contributed by atoms with Crippen molar-refractivity contribution in [2.45, 2.75) is 0 Å². The molecule has 11 nitrogen and oxygen atoms in total. The van der Waals surface area contributed by atoms with Crippen LogP contribution in [0.3, 0.4) is 0 Å². The number of para-hydroxylation sites is 6. The maximum Gasteiger partial charge on any atom is 0.223 e. The molecular weight excluding hydrogens is 1710 g/mol. The van der Waals surface area contributed by atoms with Crippen LogP contribution >= 0.6 is 103 Å². The Morgan fingerprint density at radius 2 is 0.524 bits per heavy atom. The highest BCUT2D eigenvalue weighted by molar-refractivity contribution is 7.27. The van der Waals surface area contributed by atoms with E-state index in [0.717, 1.165) is 144 Å². The van der Waals surface area contributed by atoms with Gasteiger partial charge >= 0.3 is 0 Å². The highest BCUT2D eigenvalue weighted by Gasteiger charge is 2.22. The lowest BCUT2D eigenvalue weighted by Gasteiger charge is -2.10. The first-order valence-electron chi connectivity index (χ1n) is 39.6. The van der Waals surface area contributed by atoms with Crippen LogP contribution in [0.25, 0.3) is 224 Å². The Kier molecular flexibility index (Phi) is 20.1. The average Bonchev–Trinajstić information content (AvgIpc) is 1.50. The zero-order valence-corrected chi connectivity index (χ0v) is 71.9. The maximum atomic E-state index is 6.26. The van der Waals surface area contributed by atoms with E-state index >= 15 is 0 Å². The molecule has 10 heterocycles. The van der Waals surface area contributed by atoms with Crippen LogP contribution in [0.1, 0.15) is 0 Å². The Hall–Kier alpha value is -13.4. The van der Waals surface area contributed by atoms with E-state index in [1.165, 1.54) is 80.7 Å². The molecule has 0 atom stereocenters. The third-order valence-corrected chi connectivity index (χ3v) is 27.6. The number of furan rings is 1. The second kappa shape index (κ2) is 32.5. The third-order valence-electron chi connectivity index (χ3n) is 22.1. The van der Waals surface area contributed by atoms with E-state index in [2.05, 4.69) is 250 Å². The maximum absolute atomic E-state index is 6.26. The zero-order valence-electron chi connectivity index (χ0n) is 64.8. The number of rotatable bonds is 5. The molecule has 0 N–H and O–H groups in total. The molecule has 26 rings (SSSR count). The number of aromatic nitrogens is 10. The number of hydrogen-bond donors (Lipinski definition) is 0. The van der Waals surface area contributed by atoms with Crippen molar-refractivity contribution in [2.24, 2.45) is 0 Å². The molecule has 588 valence electrons. The van der Waals surface area contributed by atoms with Gasteiger partial charge in [-0.05, 0) is 160 Å². The molecule has 16 aromatic carbocycles. The second-order valence-corrected chi connectivity index (χ2v) is 35.4. The minimum absolute atomic E-state index is 0.238. The van der Waals surface area contributed by atoms with Crippen LogP contribution in [-0.4, -0.2) is 49.8 Å². The topological polar surface area (TPSA) is 142 Å². The summed E-state index contributed by atoms with van der Waals surface area (Å²) in [7, 11) is 0. The molecule has 10 aromatic heterocycles. The molecule has 0 aliphatic rings. The first-order valence-corrected chi connectivity index (χ1v) is 44.8. The number of hydrogen-bond acceptors (Lipinski definition) is 15. The van der Waals surface area contributed by atoms with Crippen molar-refractivity contribution in [1.82, 2.24) is 49.8 Å². The van der Waals surface area contributed by atoms with E-state index in [1.807, 2.05) is 157 Å². The first-order chi connectivity index (χ1) is 61.0.